The van der Waals surface area contributed by atoms with E-state index < -0.39 is 17.9 Å². The average molecular weight is 386 g/mol. The van der Waals surface area contributed by atoms with Gasteiger partial charge in [-0.3, -0.25) is 0 Å². The Labute approximate surface area is 165 Å². The van der Waals surface area contributed by atoms with Crippen molar-refractivity contribution in [2.45, 2.75) is 26.7 Å². The Balaban J connectivity index is 0.000000749. The summed E-state index contributed by atoms with van der Waals surface area (Å²) < 4.78 is 4.96. The lowest BCUT2D eigenvalue weighted by Gasteiger charge is -2.04. The highest BCUT2D eigenvalue weighted by Crippen LogP contribution is 2.07. The van der Waals surface area contributed by atoms with Crippen molar-refractivity contribution in [1.29, 1.82) is 0 Å². The Morgan fingerprint density at radius 3 is 2.25 bits per heavy atom. The van der Waals surface area contributed by atoms with E-state index in [0.29, 0.717) is 6.42 Å². The minimum atomic E-state index is -1.17. The first kappa shape index (κ1) is 24.6. The zero-order valence-electron chi connectivity index (χ0n) is 16.1. The molecule has 28 heavy (non-hydrogen) atoms. The highest BCUT2D eigenvalue weighted by molar-refractivity contribution is 5.96. The van der Waals surface area contributed by atoms with Crippen LogP contribution in [0.1, 0.15) is 32.3 Å². The third kappa shape index (κ3) is 12.0. The van der Waals surface area contributed by atoms with Crippen LogP contribution in [-0.2, 0) is 19.1 Å². The molecule has 0 aromatic heterocycles. The van der Waals surface area contributed by atoms with Crippen molar-refractivity contribution < 1.29 is 29.3 Å². The molecule has 0 atom stereocenters. The Morgan fingerprint density at radius 1 is 1.14 bits per heavy atom. The molecule has 1 aromatic rings. The van der Waals surface area contributed by atoms with E-state index in [-0.39, 0.29) is 17.8 Å². The maximum absolute atomic E-state index is 11.7. The summed E-state index contributed by atoms with van der Waals surface area (Å²) in [6.07, 6.45) is 7.71. The maximum Gasteiger partial charge on any atom is 0.338 e. The molecule has 6 nitrogen and oxygen atoms in total. The lowest BCUT2D eigenvalue weighted by molar-refractivity contribution is -0.138. The van der Waals surface area contributed by atoms with E-state index in [9.17, 15) is 14.4 Å². The predicted octanol–water partition coefficient (Wildman–Crippen LogP) is 4.26. The number of ether oxygens (including phenoxy) is 1. The fraction of sp³-hybridized carbons (Fsp3) is 0.227. The average Bonchev–Trinajstić information content (AvgIpc) is 2.68. The summed E-state index contributed by atoms with van der Waals surface area (Å²) in [6, 6.07) is 10.0. The number of carboxylic acids is 2. The molecule has 0 fully saturated rings. The van der Waals surface area contributed by atoms with E-state index in [2.05, 4.69) is 6.58 Å². The molecule has 0 spiro atoms. The van der Waals surface area contributed by atoms with Crippen LogP contribution in [0.3, 0.4) is 0 Å². The highest BCUT2D eigenvalue weighted by atomic mass is 16.5. The van der Waals surface area contributed by atoms with Crippen LogP contribution in [-0.4, -0.2) is 34.7 Å². The minimum Gasteiger partial charge on any atom is -0.478 e. The Morgan fingerprint density at radius 2 is 1.79 bits per heavy atom. The number of benzene rings is 1. The van der Waals surface area contributed by atoms with Gasteiger partial charge in [0.1, 0.15) is 0 Å². The van der Waals surface area contributed by atoms with Gasteiger partial charge in [0.05, 0.1) is 12.2 Å². The number of allylic oxidation sites excluding steroid dienone is 2. The zero-order valence-corrected chi connectivity index (χ0v) is 16.1. The molecule has 6 heteroatoms. The van der Waals surface area contributed by atoms with Crippen molar-refractivity contribution in [2.24, 2.45) is 0 Å². The number of carbonyl (C=O) groups is 3. The van der Waals surface area contributed by atoms with Crippen molar-refractivity contribution in [3.05, 3.63) is 77.9 Å². The first-order chi connectivity index (χ1) is 13.3. The van der Waals surface area contributed by atoms with Gasteiger partial charge in [0.25, 0.3) is 0 Å². The quantitative estimate of drug-likeness (QED) is 0.285. The van der Waals surface area contributed by atoms with E-state index in [1.165, 1.54) is 18.6 Å². The summed E-state index contributed by atoms with van der Waals surface area (Å²) in [4.78, 5) is 32.8. The van der Waals surface area contributed by atoms with Crippen molar-refractivity contribution in [2.75, 3.05) is 6.61 Å². The summed E-state index contributed by atoms with van der Waals surface area (Å²) in [6.45, 7) is 7.13. The smallest absolute Gasteiger partial charge is 0.338 e. The lowest BCUT2D eigenvalue weighted by atomic mass is 10.1. The van der Waals surface area contributed by atoms with Gasteiger partial charge in [-0.1, -0.05) is 62.4 Å². The number of hydrogen-bond donors (Lipinski definition) is 2. The third-order valence-corrected chi connectivity index (χ3v) is 3.23. The van der Waals surface area contributed by atoms with Crippen LogP contribution >= 0.6 is 0 Å². The maximum atomic E-state index is 11.7. The van der Waals surface area contributed by atoms with Crippen LogP contribution < -0.4 is 0 Å². The third-order valence-electron chi connectivity index (χ3n) is 3.23. The van der Waals surface area contributed by atoms with Crippen LogP contribution in [0.15, 0.2) is 72.4 Å². The van der Waals surface area contributed by atoms with E-state index in [1.54, 1.807) is 0 Å². The molecule has 1 rings (SSSR count). The number of esters is 1. The Hall–Kier alpha value is -3.41. The second-order valence-electron chi connectivity index (χ2n) is 5.56. The number of carbonyl (C=O) groups excluding carboxylic acids is 1. The summed E-state index contributed by atoms with van der Waals surface area (Å²) >= 11 is 0. The van der Waals surface area contributed by atoms with Crippen LogP contribution in [0.4, 0.5) is 0 Å². The van der Waals surface area contributed by atoms with Crippen LogP contribution in [0.5, 0.6) is 0 Å². The molecule has 0 bridgehead atoms. The van der Waals surface area contributed by atoms with Gasteiger partial charge in [-0.2, -0.15) is 0 Å². The molecule has 2 N–H and O–H groups in total. The molecular weight excluding hydrogens is 360 g/mol. The molecule has 0 aliphatic carbocycles. The van der Waals surface area contributed by atoms with E-state index in [1.807, 2.05) is 43.3 Å². The van der Waals surface area contributed by atoms with Gasteiger partial charge in [0.15, 0.2) is 0 Å². The topological polar surface area (TPSA) is 101 Å². The van der Waals surface area contributed by atoms with Gasteiger partial charge in [0.2, 0.25) is 0 Å². The fourth-order valence-corrected chi connectivity index (χ4v) is 1.69. The normalized spacial score (nSPS) is 11.4. The fourth-order valence-electron chi connectivity index (χ4n) is 1.69. The summed E-state index contributed by atoms with van der Waals surface area (Å²) in [7, 11) is 0. The van der Waals surface area contributed by atoms with Crippen molar-refractivity contribution >= 4 is 24.0 Å². The second-order valence-corrected chi connectivity index (χ2v) is 5.56. The first-order valence-electron chi connectivity index (χ1n) is 8.69. The molecule has 0 amide bonds. The number of rotatable bonds is 9. The van der Waals surface area contributed by atoms with E-state index in [4.69, 9.17) is 14.9 Å². The van der Waals surface area contributed by atoms with Crippen molar-refractivity contribution in [3.63, 3.8) is 0 Å². The van der Waals surface area contributed by atoms with Gasteiger partial charge in [0, 0.05) is 11.6 Å². The first-order valence-corrected chi connectivity index (χ1v) is 8.69. The van der Waals surface area contributed by atoms with Gasteiger partial charge in [-0.25, -0.2) is 14.4 Å². The van der Waals surface area contributed by atoms with Crippen LogP contribution in [0.2, 0.25) is 0 Å². The summed E-state index contributed by atoms with van der Waals surface area (Å²) in [5.41, 5.74) is 1.11. The van der Waals surface area contributed by atoms with Gasteiger partial charge in [-0.05, 0) is 31.1 Å². The number of aliphatic carboxylic acids is 2. The number of unbranched alkanes of at least 4 members (excludes halogenated alkanes) is 1. The van der Waals surface area contributed by atoms with Gasteiger partial charge in [-0.15, -0.1) is 0 Å². The minimum absolute atomic E-state index is 0.0153. The molecule has 0 aliphatic heterocycles. The van der Waals surface area contributed by atoms with Crippen LogP contribution in [0.25, 0.3) is 6.08 Å². The van der Waals surface area contributed by atoms with Gasteiger partial charge >= 0.3 is 17.9 Å². The molecule has 150 valence electrons. The predicted molar refractivity (Wildman–Crippen MR) is 109 cm³/mol. The molecule has 0 aliphatic rings. The molecule has 0 radical (unpaired) electrons. The Kier molecular flexibility index (Phi) is 12.9. The molecule has 0 saturated heterocycles. The van der Waals surface area contributed by atoms with E-state index >= 15 is 0 Å². The summed E-state index contributed by atoms with van der Waals surface area (Å²) in [5, 5.41) is 17.2. The van der Waals surface area contributed by atoms with Gasteiger partial charge < -0.3 is 14.9 Å². The SMILES string of the molecule is C=Cc1ccccc1.CCCCOC(=O)C(C=C(C)C(=O)O)=CC=CC(=O)O. The second kappa shape index (κ2) is 14.7. The molecule has 1 aromatic carbocycles. The summed E-state index contributed by atoms with van der Waals surface area (Å²) in [5.74, 6) is -3.02. The lowest BCUT2D eigenvalue weighted by Crippen LogP contribution is -2.09. The molecular formula is C22H26O6. The Bertz CT molecular complexity index is 742. The monoisotopic (exact) mass is 386 g/mol. The number of hydrogen-bond acceptors (Lipinski definition) is 4. The highest BCUT2D eigenvalue weighted by Gasteiger charge is 2.10. The standard InChI is InChI=1S/C14H18O6.C8H8/c1-3-4-8-20-14(19)11(6-5-7-12(15)16)9-10(2)13(17)18;1-2-8-6-4-3-5-7-8/h5-7,9H,3-4,8H2,1-2H3,(H,15,16)(H,17,18);2-7H,1H2. The molecule has 0 saturated carbocycles. The zero-order chi connectivity index (χ0) is 21.4. The van der Waals surface area contributed by atoms with E-state index in [0.717, 1.165) is 24.6 Å². The van der Waals surface area contributed by atoms with Crippen molar-refractivity contribution in [1.82, 2.24) is 0 Å². The van der Waals surface area contributed by atoms with Crippen LogP contribution in [0, 0.1) is 0 Å². The molecule has 0 heterocycles. The van der Waals surface area contributed by atoms with Crippen molar-refractivity contribution in [3.8, 4) is 0 Å². The molecule has 0 unspecified atom stereocenters. The number of carboxylic acid groups (broad SMARTS) is 2. The largest absolute Gasteiger partial charge is 0.478 e.